The molecule has 0 unspecified atom stereocenters. The molecule has 5 nitrogen and oxygen atoms in total. The molecule has 0 atom stereocenters. The van der Waals surface area contributed by atoms with Crippen LogP contribution in [0, 0.1) is 5.92 Å². The molecule has 1 N–H and O–H groups in total. The minimum atomic E-state index is 0.132. The maximum Gasteiger partial charge on any atom is 0.261 e. The molecule has 1 aliphatic heterocycles. The van der Waals surface area contributed by atoms with E-state index in [9.17, 15) is 4.79 Å². The fourth-order valence-corrected chi connectivity index (χ4v) is 8.12. The van der Waals surface area contributed by atoms with Crippen molar-refractivity contribution in [2.24, 2.45) is 5.92 Å². The average molecular weight is 533 g/mol. The minimum Gasteiger partial charge on any atom is -0.353 e. The molecule has 4 aromatic rings. The zero-order chi connectivity index (χ0) is 25.2. The van der Waals surface area contributed by atoms with Gasteiger partial charge >= 0.3 is 0 Å². The van der Waals surface area contributed by atoms with Gasteiger partial charge in [0.15, 0.2) is 0 Å². The molecule has 7 heteroatoms. The van der Waals surface area contributed by atoms with Crippen LogP contribution in [0.25, 0.3) is 20.2 Å². The van der Waals surface area contributed by atoms with E-state index in [-0.39, 0.29) is 5.91 Å². The first-order valence-electron chi connectivity index (χ1n) is 13.8. The molecule has 1 saturated carbocycles. The minimum absolute atomic E-state index is 0.132. The van der Waals surface area contributed by atoms with Crippen molar-refractivity contribution < 1.29 is 4.79 Å². The van der Waals surface area contributed by atoms with Gasteiger partial charge in [-0.1, -0.05) is 37.3 Å². The van der Waals surface area contributed by atoms with Crippen LogP contribution in [0.2, 0.25) is 0 Å². The highest BCUT2D eigenvalue weighted by Gasteiger charge is 2.26. The van der Waals surface area contributed by atoms with Crippen LogP contribution in [-0.2, 0) is 6.42 Å². The van der Waals surface area contributed by atoms with Crippen LogP contribution in [0.1, 0.15) is 54.3 Å². The van der Waals surface area contributed by atoms with Gasteiger partial charge in [0.2, 0.25) is 0 Å². The molecule has 0 bridgehead atoms. The van der Waals surface area contributed by atoms with Gasteiger partial charge in [-0.2, -0.15) is 4.37 Å². The number of hydrogen-bond acceptors (Lipinski definition) is 6. The van der Waals surface area contributed by atoms with E-state index in [1.54, 1.807) is 22.9 Å². The van der Waals surface area contributed by atoms with Gasteiger partial charge in [0.1, 0.15) is 5.82 Å². The third kappa shape index (κ3) is 5.27. The van der Waals surface area contributed by atoms with E-state index in [1.807, 2.05) is 0 Å². The quantitative estimate of drug-likeness (QED) is 0.292. The van der Waals surface area contributed by atoms with E-state index in [2.05, 4.69) is 70.6 Å². The van der Waals surface area contributed by atoms with E-state index in [4.69, 9.17) is 4.37 Å². The lowest BCUT2D eigenvalue weighted by atomic mass is 9.84. The van der Waals surface area contributed by atoms with Gasteiger partial charge in [-0.15, -0.1) is 11.3 Å². The lowest BCUT2D eigenvalue weighted by Gasteiger charge is -2.36. The molecular formula is C30H36N4OS2. The second-order valence-electron chi connectivity index (χ2n) is 10.6. The fourth-order valence-electron chi connectivity index (χ4n) is 6.13. The molecule has 37 heavy (non-hydrogen) atoms. The van der Waals surface area contributed by atoms with Crippen molar-refractivity contribution in [3.63, 3.8) is 0 Å². The molecule has 1 saturated heterocycles. The average Bonchev–Trinajstić information content (AvgIpc) is 3.55. The van der Waals surface area contributed by atoms with E-state index in [0.717, 1.165) is 56.2 Å². The van der Waals surface area contributed by atoms with Crippen LogP contribution < -0.4 is 10.2 Å². The highest BCUT2D eigenvalue weighted by atomic mass is 32.1. The molecule has 2 aliphatic rings. The van der Waals surface area contributed by atoms with Crippen molar-refractivity contribution in [3.8, 4) is 0 Å². The van der Waals surface area contributed by atoms with Gasteiger partial charge in [-0.25, -0.2) is 0 Å². The number of amides is 1. The summed E-state index contributed by atoms with van der Waals surface area (Å²) < 4.78 is 7.25. The van der Waals surface area contributed by atoms with Crippen molar-refractivity contribution >= 4 is 54.8 Å². The Kier molecular flexibility index (Phi) is 7.45. The topological polar surface area (TPSA) is 48.5 Å². The third-order valence-corrected chi connectivity index (χ3v) is 10.4. The number of rotatable bonds is 7. The van der Waals surface area contributed by atoms with Gasteiger partial charge in [0.05, 0.1) is 9.58 Å². The van der Waals surface area contributed by atoms with Crippen molar-refractivity contribution in [3.05, 3.63) is 59.0 Å². The summed E-state index contributed by atoms with van der Waals surface area (Å²) in [6.45, 7) is 7.69. The Morgan fingerprint density at radius 1 is 0.946 bits per heavy atom. The second kappa shape index (κ2) is 11.1. The molecule has 0 spiro atoms. The first-order valence-corrected chi connectivity index (χ1v) is 15.4. The summed E-state index contributed by atoms with van der Waals surface area (Å²) in [7, 11) is 0. The summed E-state index contributed by atoms with van der Waals surface area (Å²) >= 11 is 3.26. The number of aromatic nitrogens is 1. The summed E-state index contributed by atoms with van der Waals surface area (Å²) in [6, 6.07) is 17.3. The Morgan fingerprint density at radius 2 is 1.65 bits per heavy atom. The SMILES string of the molecule is CCc1c(C(=O)NC2CCC(CCN3CCN(c4nsc5ccccc45)CC3)CC2)sc2ccccc12. The highest BCUT2D eigenvalue weighted by molar-refractivity contribution is 7.21. The Hall–Kier alpha value is -2.48. The smallest absolute Gasteiger partial charge is 0.261 e. The van der Waals surface area contributed by atoms with E-state index >= 15 is 0 Å². The van der Waals surface area contributed by atoms with Gasteiger partial charge in [0, 0.05) is 42.3 Å². The molecule has 194 valence electrons. The summed E-state index contributed by atoms with van der Waals surface area (Å²) in [5.41, 5.74) is 1.20. The van der Waals surface area contributed by atoms with E-state index in [1.165, 1.54) is 57.4 Å². The van der Waals surface area contributed by atoms with E-state index < -0.39 is 0 Å². The summed E-state index contributed by atoms with van der Waals surface area (Å²) in [4.78, 5) is 19.2. The van der Waals surface area contributed by atoms with Crippen molar-refractivity contribution in [2.45, 2.75) is 51.5 Å². The van der Waals surface area contributed by atoms with Gasteiger partial charge in [-0.3, -0.25) is 9.69 Å². The Bertz CT molecular complexity index is 1360. The Balaban J connectivity index is 0.950. The van der Waals surface area contributed by atoms with Gasteiger partial charge in [0.25, 0.3) is 5.91 Å². The standard InChI is InChI=1S/C30H36N4OS2/c1-2-23-24-7-3-5-9-26(24)36-28(23)30(35)31-22-13-11-21(12-14-22)15-16-33-17-19-34(20-18-33)29-25-8-4-6-10-27(25)37-32-29/h3-10,21-22H,2,11-20H2,1H3,(H,31,35). The fraction of sp³-hybridized carbons (Fsp3) is 0.467. The van der Waals surface area contributed by atoms with Crippen LogP contribution >= 0.6 is 22.9 Å². The highest BCUT2D eigenvalue weighted by Crippen LogP contribution is 2.33. The van der Waals surface area contributed by atoms with Crippen molar-refractivity contribution in [1.29, 1.82) is 0 Å². The number of carbonyl (C=O) groups excluding carboxylic acids is 1. The molecule has 2 aromatic carbocycles. The number of nitrogens with zero attached hydrogens (tertiary/aromatic N) is 3. The molecule has 3 heterocycles. The maximum atomic E-state index is 13.1. The zero-order valence-electron chi connectivity index (χ0n) is 21.6. The number of fused-ring (bicyclic) bond motifs is 2. The second-order valence-corrected chi connectivity index (χ2v) is 12.4. The summed E-state index contributed by atoms with van der Waals surface area (Å²) in [5, 5.41) is 5.91. The molecule has 1 amide bonds. The van der Waals surface area contributed by atoms with E-state index in [0.29, 0.717) is 6.04 Å². The van der Waals surface area contributed by atoms with Crippen molar-refractivity contribution in [1.82, 2.24) is 14.6 Å². The number of piperazine rings is 1. The lowest BCUT2D eigenvalue weighted by Crippen LogP contribution is -2.47. The number of aryl methyl sites for hydroxylation is 1. The normalized spacial score (nSPS) is 21.1. The lowest BCUT2D eigenvalue weighted by molar-refractivity contribution is 0.0923. The monoisotopic (exact) mass is 532 g/mol. The van der Waals surface area contributed by atoms with Crippen LogP contribution in [0.15, 0.2) is 48.5 Å². The number of nitrogens with one attached hydrogen (secondary N) is 1. The number of thiophene rings is 1. The first-order chi connectivity index (χ1) is 18.2. The maximum absolute atomic E-state index is 13.1. The first kappa shape index (κ1) is 24.8. The molecular weight excluding hydrogens is 496 g/mol. The van der Waals surface area contributed by atoms with Crippen LogP contribution in [0.3, 0.4) is 0 Å². The predicted molar refractivity (Wildman–Crippen MR) is 157 cm³/mol. The number of anilines is 1. The number of hydrogen-bond donors (Lipinski definition) is 1. The number of benzene rings is 2. The van der Waals surface area contributed by atoms with Gasteiger partial charge < -0.3 is 10.2 Å². The molecule has 2 fully saturated rings. The van der Waals surface area contributed by atoms with Gasteiger partial charge in [-0.05, 0) is 91.7 Å². The predicted octanol–water partition coefficient (Wildman–Crippen LogP) is 6.57. The third-order valence-electron chi connectivity index (χ3n) is 8.32. The van der Waals surface area contributed by atoms with Crippen LogP contribution in [-0.4, -0.2) is 53.9 Å². The number of carbonyl (C=O) groups is 1. The zero-order valence-corrected chi connectivity index (χ0v) is 23.3. The van der Waals surface area contributed by atoms with Crippen LogP contribution in [0.5, 0.6) is 0 Å². The molecule has 2 aromatic heterocycles. The largest absolute Gasteiger partial charge is 0.353 e. The van der Waals surface area contributed by atoms with Crippen LogP contribution in [0.4, 0.5) is 5.82 Å². The molecule has 1 aliphatic carbocycles. The summed E-state index contributed by atoms with van der Waals surface area (Å²) in [6.07, 6.45) is 6.83. The van der Waals surface area contributed by atoms with Crippen molar-refractivity contribution in [2.75, 3.05) is 37.6 Å². The summed E-state index contributed by atoms with van der Waals surface area (Å²) in [5.74, 6) is 2.08. The molecule has 0 radical (unpaired) electrons. The Morgan fingerprint density at radius 3 is 2.41 bits per heavy atom. The Labute approximate surface area is 227 Å². The molecule has 6 rings (SSSR count).